The van der Waals surface area contributed by atoms with Crippen LogP contribution in [0.4, 0.5) is 0 Å². The largest absolute Gasteiger partial charge is 0.451 e. The zero-order valence-electron chi connectivity index (χ0n) is 12.7. The van der Waals surface area contributed by atoms with E-state index in [4.69, 9.17) is 10.00 Å². The maximum Gasteiger partial charge on any atom is 0.348 e. The second kappa shape index (κ2) is 7.95. The molecule has 2 rings (SSSR count). The minimum absolute atomic E-state index is 0.246. The van der Waals surface area contributed by atoms with Gasteiger partial charge >= 0.3 is 5.97 Å². The van der Waals surface area contributed by atoms with Crippen molar-refractivity contribution in [3.8, 4) is 6.07 Å². The van der Waals surface area contributed by atoms with Gasteiger partial charge in [-0.1, -0.05) is 13.3 Å². The molecule has 1 aliphatic rings. The van der Waals surface area contributed by atoms with Crippen LogP contribution >= 0.6 is 11.3 Å². The molecule has 1 heterocycles. The van der Waals surface area contributed by atoms with Gasteiger partial charge in [-0.2, -0.15) is 5.26 Å². The predicted octanol–water partition coefficient (Wildman–Crippen LogP) is 2.45. The van der Waals surface area contributed by atoms with Crippen LogP contribution < -0.4 is 5.32 Å². The average Bonchev–Trinajstić information content (AvgIpc) is 2.95. The summed E-state index contributed by atoms with van der Waals surface area (Å²) >= 11 is 1.48. The quantitative estimate of drug-likeness (QED) is 0.645. The van der Waals surface area contributed by atoms with Crippen molar-refractivity contribution in [3.05, 3.63) is 21.4 Å². The first-order valence-corrected chi connectivity index (χ1v) is 8.38. The van der Waals surface area contributed by atoms with Gasteiger partial charge in [-0.05, 0) is 36.8 Å². The molecule has 1 amide bonds. The Morgan fingerprint density at radius 2 is 2.36 bits per heavy atom. The lowest BCUT2D eigenvalue weighted by atomic mass is 9.87. The third kappa shape index (κ3) is 4.31. The molecule has 1 N–H and O–H groups in total. The molecule has 0 saturated carbocycles. The molecule has 0 spiro atoms. The number of thiophene rings is 1. The van der Waals surface area contributed by atoms with Gasteiger partial charge in [0, 0.05) is 11.4 Å². The standard InChI is InChI=1S/C16H20N2O3S/c1-2-11-4-5-13-12(8-11)9-14(22-13)16(20)21-10-15(19)18-7-3-6-17/h9,11H,2-5,7-8,10H2,1H3,(H,18,19)/t11-/m1/s1. The number of nitrogens with one attached hydrogen (secondary N) is 1. The van der Waals surface area contributed by atoms with E-state index in [0.717, 1.165) is 19.3 Å². The molecule has 0 fully saturated rings. The number of rotatable bonds is 6. The van der Waals surface area contributed by atoms with Crippen LogP contribution in [0.5, 0.6) is 0 Å². The normalized spacial score (nSPS) is 16.5. The Morgan fingerprint density at radius 1 is 1.55 bits per heavy atom. The number of ether oxygens (including phenoxy) is 1. The molecule has 6 heteroatoms. The van der Waals surface area contributed by atoms with E-state index < -0.39 is 5.97 Å². The Morgan fingerprint density at radius 3 is 3.09 bits per heavy atom. The second-order valence-electron chi connectivity index (χ2n) is 5.41. The van der Waals surface area contributed by atoms with Crippen molar-refractivity contribution in [3.63, 3.8) is 0 Å². The highest BCUT2D eigenvalue weighted by Crippen LogP contribution is 2.33. The third-order valence-electron chi connectivity index (χ3n) is 3.86. The predicted molar refractivity (Wildman–Crippen MR) is 83.6 cm³/mol. The zero-order valence-corrected chi connectivity index (χ0v) is 13.5. The minimum Gasteiger partial charge on any atom is -0.451 e. The number of amides is 1. The highest BCUT2D eigenvalue weighted by atomic mass is 32.1. The van der Waals surface area contributed by atoms with E-state index in [1.165, 1.54) is 28.2 Å². The Bertz CT molecular complexity index is 589. The number of esters is 1. The fraction of sp³-hybridized carbons (Fsp3) is 0.562. The SMILES string of the molecule is CC[C@@H]1CCc2sc(C(=O)OCC(=O)NCCC#N)cc2C1. The summed E-state index contributed by atoms with van der Waals surface area (Å²) in [4.78, 5) is 25.3. The number of fused-ring (bicyclic) bond motifs is 1. The summed E-state index contributed by atoms with van der Waals surface area (Å²) in [6.45, 7) is 2.17. The van der Waals surface area contributed by atoms with Crippen LogP contribution in [-0.4, -0.2) is 25.0 Å². The second-order valence-corrected chi connectivity index (χ2v) is 6.55. The number of hydrogen-bond donors (Lipinski definition) is 1. The summed E-state index contributed by atoms with van der Waals surface area (Å²) in [7, 11) is 0. The van der Waals surface area contributed by atoms with Gasteiger partial charge in [-0.25, -0.2) is 4.79 Å². The molecular weight excluding hydrogens is 300 g/mol. The van der Waals surface area contributed by atoms with Crippen LogP contribution in [0.1, 0.15) is 46.3 Å². The maximum atomic E-state index is 12.0. The topological polar surface area (TPSA) is 79.2 Å². The molecule has 0 radical (unpaired) electrons. The Hall–Kier alpha value is -1.87. The smallest absolute Gasteiger partial charge is 0.348 e. The van der Waals surface area contributed by atoms with E-state index in [9.17, 15) is 9.59 Å². The van der Waals surface area contributed by atoms with Crippen molar-refractivity contribution < 1.29 is 14.3 Å². The van der Waals surface area contributed by atoms with E-state index in [0.29, 0.717) is 10.8 Å². The Balaban J connectivity index is 1.85. The van der Waals surface area contributed by atoms with Crippen molar-refractivity contribution in [2.45, 2.75) is 39.0 Å². The number of carbonyl (C=O) groups is 2. The zero-order chi connectivity index (χ0) is 15.9. The van der Waals surface area contributed by atoms with E-state index in [1.54, 1.807) is 0 Å². The lowest BCUT2D eigenvalue weighted by Gasteiger charge is -2.19. The summed E-state index contributed by atoms with van der Waals surface area (Å²) in [6.07, 6.45) is 4.65. The van der Waals surface area contributed by atoms with Gasteiger partial charge in [-0.15, -0.1) is 11.3 Å². The molecular formula is C16H20N2O3S. The Labute approximate surface area is 134 Å². The molecule has 5 nitrogen and oxygen atoms in total. The van der Waals surface area contributed by atoms with Crippen molar-refractivity contribution in [2.75, 3.05) is 13.2 Å². The molecule has 1 aliphatic carbocycles. The first kappa shape index (κ1) is 16.5. The summed E-state index contributed by atoms with van der Waals surface area (Å²) in [5, 5.41) is 10.9. The minimum atomic E-state index is -0.442. The summed E-state index contributed by atoms with van der Waals surface area (Å²) in [5.74, 6) is -0.115. The average molecular weight is 320 g/mol. The monoisotopic (exact) mass is 320 g/mol. The first-order chi connectivity index (χ1) is 10.6. The molecule has 0 aliphatic heterocycles. The van der Waals surface area contributed by atoms with Crippen LogP contribution in [0.2, 0.25) is 0 Å². The first-order valence-electron chi connectivity index (χ1n) is 7.56. The highest BCUT2D eigenvalue weighted by Gasteiger charge is 2.22. The molecule has 0 aromatic carbocycles. The number of nitriles is 1. The van der Waals surface area contributed by atoms with E-state index in [2.05, 4.69) is 12.2 Å². The Kier molecular flexibility index (Phi) is 5.96. The molecule has 0 bridgehead atoms. The lowest BCUT2D eigenvalue weighted by molar-refractivity contribution is -0.124. The van der Waals surface area contributed by atoms with Gasteiger partial charge in [0.2, 0.25) is 0 Å². The number of nitrogens with zero attached hydrogens (tertiary/aromatic N) is 1. The number of carbonyl (C=O) groups excluding carboxylic acids is 2. The van der Waals surface area contributed by atoms with Crippen molar-refractivity contribution >= 4 is 23.2 Å². The molecule has 118 valence electrons. The van der Waals surface area contributed by atoms with Gasteiger partial charge < -0.3 is 10.1 Å². The molecule has 1 atom stereocenters. The van der Waals surface area contributed by atoms with E-state index >= 15 is 0 Å². The molecule has 0 unspecified atom stereocenters. The molecule has 0 saturated heterocycles. The van der Waals surface area contributed by atoms with Crippen molar-refractivity contribution in [2.24, 2.45) is 5.92 Å². The van der Waals surface area contributed by atoms with Crippen molar-refractivity contribution in [1.82, 2.24) is 5.32 Å². The fourth-order valence-electron chi connectivity index (χ4n) is 2.56. The molecule has 22 heavy (non-hydrogen) atoms. The van der Waals surface area contributed by atoms with Crippen LogP contribution in [-0.2, 0) is 22.4 Å². The van der Waals surface area contributed by atoms with Gasteiger partial charge in [0.25, 0.3) is 5.91 Å². The lowest BCUT2D eigenvalue weighted by Crippen LogP contribution is -2.29. The highest BCUT2D eigenvalue weighted by molar-refractivity contribution is 7.14. The van der Waals surface area contributed by atoms with Gasteiger partial charge in [-0.3, -0.25) is 4.79 Å². The fourth-order valence-corrected chi connectivity index (χ4v) is 3.66. The number of aryl methyl sites for hydroxylation is 1. The summed E-state index contributed by atoms with van der Waals surface area (Å²) in [6, 6.07) is 3.84. The van der Waals surface area contributed by atoms with Gasteiger partial charge in [0.1, 0.15) is 4.88 Å². The molecule has 1 aromatic rings. The molecule has 1 aromatic heterocycles. The summed E-state index contributed by atoms with van der Waals surface area (Å²) < 4.78 is 5.03. The maximum absolute atomic E-state index is 12.0. The van der Waals surface area contributed by atoms with Crippen molar-refractivity contribution in [1.29, 1.82) is 5.26 Å². The third-order valence-corrected chi connectivity index (χ3v) is 5.07. The number of hydrogen-bond acceptors (Lipinski definition) is 5. The van der Waals surface area contributed by atoms with Crippen LogP contribution in [0.25, 0.3) is 0 Å². The van der Waals surface area contributed by atoms with Crippen LogP contribution in [0.3, 0.4) is 0 Å². The van der Waals surface area contributed by atoms with E-state index in [1.807, 2.05) is 12.1 Å². The van der Waals surface area contributed by atoms with Crippen LogP contribution in [0, 0.1) is 17.2 Å². The summed E-state index contributed by atoms with van der Waals surface area (Å²) in [5.41, 5.74) is 1.26. The van der Waals surface area contributed by atoms with Gasteiger partial charge in [0.15, 0.2) is 6.61 Å². The van der Waals surface area contributed by atoms with E-state index in [-0.39, 0.29) is 25.5 Å². The van der Waals surface area contributed by atoms with Crippen LogP contribution in [0.15, 0.2) is 6.07 Å². The van der Waals surface area contributed by atoms with Gasteiger partial charge in [0.05, 0.1) is 12.5 Å².